The van der Waals surface area contributed by atoms with Crippen LogP contribution in [0.25, 0.3) is 0 Å². The van der Waals surface area contributed by atoms with Crippen LogP contribution in [0.4, 0.5) is 0 Å². The van der Waals surface area contributed by atoms with Gasteiger partial charge in [0.1, 0.15) is 0 Å². The van der Waals surface area contributed by atoms with Gasteiger partial charge in [0.15, 0.2) is 0 Å². The Morgan fingerprint density at radius 1 is 1.69 bits per heavy atom. The molecule has 0 bridgehead atoms. The lowest BCUT2D eigenvalue weighted by Gasteiger charge is -2.06. The van der Waals surface area contributed by atoms with E-state index in [2.05, 4.69) is 11.4 Å². The summed E-state index contributed by atoms with van der Waals surface area (Å²) in [6.45, 7) is 2.27. The Morgan fingerprint density at radius 3 is 3.12 bits per heavy atom. The van der Waals surface area contributed by atoms with E-state index in [1.54, 1.807) is 30.0 Å². The summed E-state index contributed by atoms with van der Waals surface area (Å²) >= 11 is 3.32. The van der Waals surface area contributed by atoms with E-state index in [9.17, 15) is 4.79 Å². The number of aliphatic hydroxyl groups excluding tert-OH is 1. The van der Waals surface area contributed by atoms with Gasteiger partial charge >= 0.3 is 0 Å². The van der Waals surface area contributed by atoms with Gasteiger partial charge in [0, 0.05) is 17.2 Å². The third-order valence-corrected chi connectivity index (χ3v) is 3.98. The van der Waals surface area contributed by atoms with E-state index in [1.165, 1.54) is 4.88 Å². The van der Waals surface area contributed by atoms with Crippen LogP contribution in [0.5, 0.6) is 0 Å². The van der Waals surface area contributed by atoms with Gasteiger partial charge in [0.2, 0.25) is 5.91 Å². The van der Waals surface area contributed by atoms with E-state index in [4.69, 9.17) is 5.11 Å². The van der Waals surface area contributed by atoms with E-state index in [0.29, 0.717) is 18.7 Å². The van der Waals surface area contributed by atoms with E-state index >= 15 is 0 Å². The number of carbonyl (C=O) groups is 1. The molecule has 0 aliphatic rings. The summed E-state index contributed by atoms with van der Waals surface area (Å²) in [5.41, 5.74) is 0. The minimum atomic E-state index is -0.348. The summed E-state index contributed by atoms with van der Waals surface area (Å²) in [6.07, 6.45) is 0.264. The van der Waals surface area contributed by atoms with E-state index in [0.717, 1.165) is 5.75 Å². The molecular formula is C11H17NO2S2. The molecule has 0 saturated carbocycles. The predicted molar refractivity (Wildman–Crippen MR) is 69.8 cm³/mol. The molecule has 0 radical (unpaired) electrons. The number of hydrogen-bond acceptors (Lipinski definition) is 4. The van der Waals surface area contributed by atoms with Crippen molar-refractivity contribution in [1.29, 1.82) is 0 Å². The second kappa shape index (κ2) is 7.70. The molecule has 1 aromatic rings. The lowest BCUT2D eigenvalue weighted by molar-refractivity contribution is -0.118. The van der Waals surface area contributed by atoms with Gasteiger partial charge in [-0.15, -0.1) is 23.1 Å². The molecule has 1 rings (SSSR count). The van der Waals surface area contributed by atoms with E-state index in [-0.39, 0.29) is 12.0 Å². The first kappa shape index (κ1) is 13.5. The van der Waals surface area contributed by atoms with Crippen molar-refractivity contribution in [2.75, 3.05) is 12.3 Å². The molecule has 1 heterocycles. The largest absolute Gasteiger partial charge is 0.393 e. The molecule has 1 aromatic heterocycles. The average molecular weight is 259 g/mol. The maximum absolute atomic E-state index is 11.3. The van der Waals surface area contributed by atoms with Gasteiger partial charge in [0.05, 0.1) is 11.9 Å². The third kappa shape index (κ3) is 6.15. The number of carbonyl (C=O) groups excluding carboxylic acids is 1. The number of thioether (sulfide) groups is 1. The van der Waals surface area contributed by atoms with Crippen molar-refractivity contribution in [3.63, 3.8) is 0 Å². The number of thiophene rings is 1. The molecule has 0 aliphatic heterocycles. The van der Waals surface area contributed by atoms with Crippen LogP contribution in [0.15, 0.2) is 17.5 Å². The van der Waals surface area contributed by atoms with Crippen LogP contribution >= 0.6 is 23.1 Å². The highest BCUT2D eigenvalue weighted by Crippen LogP contribution is 2.16. The average Bonchev–Trinajstić information content (AvgIpc) is 2.70. The first-order chi connectivity index (χ1) is 7.68. The Bertz CT molecular complexity index is 299. The third-order valence-electron chi connectivity index (χ3n) is 1.94. The van der Waals surface area contributed by atoms with Crippen molar-refractivity contribution < 1.29 is 9.90 Å². The Kier molecular flexibility index (Phi) is 6.52. The molecule has 1 atom stereocenters. The molecule has 1 amide bonds. The fourth-order valence-electron chi connectivity index (χ4n) is 1.11. The van der Waals surface area contributed by atoms with Gasteiger partial charge in [-0.2, -0.15) is 0 Å². The number of aliphatic hydroxyl groups is 1. The Labute approximate surface area is 104 Å². The minimum Gasteiger partial charge on any atom is -0.393 e. The van der Waals surface area contributed by atoms with Crippen molar-refractivity contribution in [3.05, 3.63) is 22.4 Å². The molecule has 0 spiro atoms. The van der Waals surface area contributed by atoms with Crippen molar-refractivity contribution in [1.82, 2.24) is 5.32 Å². The first-order valence-electron chi connectivity index (χ1n) is 5.23. The molecule has 3 nitrogen and oxygen atoms in total. The highest BCUT2D eigenvalue weighted by Gasteiger charge is 2.02. The zero-order chi connectivity index (χ0) is 11.8. The van der Waals surface area contributed by atoms with Crippen molar-refractivity contribution in [2.24, 2.45) is 0 Å². The Morgan fingerprint density at radius 2 is 2.50 bits per heavy atom. The van der Waals surface area contributed by atoms with Gasteiger partial charge in [-0.3, -0.25) is 4.79 Å². The molecule has 0 aliphatic carbocycles. The topological polar surface area (TPSA) is 49.3 Å². The monoisotopic (exact) mass is 259 g/mol. The quantitative estimate of drug-likeness (QED) is 0.786. The van der Waals surface area contributed by atoms with Crippen LogP contribution in [-0.4, -0.2) is 29.4 Å². The highest BCUT2D eigenvalue weighted by molar-refractivity contribution is 7.99. The molecule has 90 valence electrons. The molecule has 0 saturated heterocycles. The second-order valence-corrected chi connectivity index (χ2v) is 5.58. The summed E-state index contributed by atoms with van der Waals surface area (Å²) in [7, 11) is 0. The molecule has 16 heavy (non-hydrogen) atoms. The number of hydrogen-bond donors (Lipinski definition) is 2. The first-order valence-corrected chi connectivity index (χ1v) is 7.27. The minimum absolute atomic E-state index is 0.0437. The fourth-order valence-corrected chi connectivity index (χ4v) is 2.81. The SMILES string of the molecule is CC(O)CCNC(=O)CSCc1cccs1. The van der Waals surface area contributed by atoms with Crippen LogP contribution in [-0.2, 0) is 10.5 Å². The number of amides is 1. The Hall–Kier alpha value is -0.520. The van der Waals surface area contributed by atoms with Crippen molar-refractivity contribution >= 4 is 29.0 Å². The van der Waals surface area contributed by atoms with Gasteiger partial charge in [-0.1, -0.05) is 6.07 Å². The predicted octanol–water partition coefficient (Wildman–Crippen LogP) is 1.87. The van der Waals surface area contributed by atoms with Crippen LogP contribution in [0, 0.1) is 0 Å². The standard InChI is InChI=1S/C11H17NO2S2/c1-9(13)4-5-12-11(14)8-15-7-10-3-2-6-16-10/h2-3,6,9,13H,4-5,7-8H2,1H3,(H,12,14). The molecule has 0 aromatic carbocycles. The molecule has 5 heteroatoms. The summed E-state index contributed by atoms with van der Waals surface area (Å²) in [5, 5.41) is 13.8. The van der Waals surface area contributed by atoms with Crippen LogP contribution in [0.2, 0.25) is 0 Å². The maximum atomic E-state index is 11.3. The van der Waals surface area contributed by atoms with Gasteiger partial charge in [-0.05, 0) is 24.8 Å². The van der Waals surface area contributed by atoms with Crippen LogP contribution in [0.3, 0.4) is 0 Å². The zero-order valence-electron chi connectivity index (χ0n) is 9.31. The lowest BCUT2D eigenvalue weighted by Crippen LogP contribution is -2.27. The zero-order valence-corrected chi connectivity index (χ0v) is 10.9. The highest BCUT2D eigenvalue weighted by atomic mass is 32.2. The van der Waals surface area contributed by atoms with Gasteiger partial charge < -0.3 is 10.4 Å². The van der Waals surface area contributed by atoms with Crippen LogP contribution < -0.4 is 5.32 Å². The van der Waals surface area contributed by atoms with Crippen LogP contribution in [0.1, 0.15) is 18.2 Å². The van der Waals surface area contributed by atoms with E-state index < -0.39 is 0 Å². The second-order valence-electron chi connectivity index (χ2n) is 3.56. The smallest absolute Gasteiger partial charge is 0.230 e. The summed E-state index contributed by atoms with van der Waals surface area (Å²) in [5.74, 6) is 1.42. The maximum Gasteiger partial charge on any atom is 0.230 e. The summed E-state index contributed by atoms with van der Waals surface area (Å²) in [4.78, 5) is 12.6. The normalized spacial score (nSPS) is 12.4. The summed E-state index contributed by atoms with van der Waals surface area (Å²) in [6, 6.07) is 4.09. The number of nitrogens with one attached hydrogen (secondary N) is 1. The van der Waals surface area contributed by atoms with Gasteiger partial charge in [0.25, 0.3) is 0 Å². The van der Waals surface area contributed by atoms with Gasteiger partial charge in [-0.25, -0.2) is 0 Å². The lowest BCUT2D eigenvalue weighted by atomic mass is 10.3. The molecule has 1 unspecified atom stereocenters. The summed E-state index contributed by atoms with van der Waals surface area (Å²) < 4.78 is 0. The van der Waals surface area contributed by atoms with Crippen molar-refractivity contribution in [2.45, 2.75) is 25.2 Å². The molecule has 2 N–H and O–H groups in total. The van der Waals surface area contributed by atoms with Crippen molar-refractivity contribution in [3.8, 4) is 0 Å². The molecular weight excluding hydrogens is 242 g/mol. The Balaban J connectivity index is 2.02. The molecule has 0 fully saturated rings. The fraction of sp³-hybridized carbons (Fsp3) is 0.545. The van der Waals surface area contributed by atoms with E-state index in [1.807, 2.05) is 11.4 Å². The number of rotatable bonds is 7.